The Morgan fingerprint density at radius 2 is 2.17 bits per heavy atom. The maximum absolute atomic E-state index is 13.4. The van der Waals surface area contributed by atoms with Gasteiger partial charge in [0.25, 0.3) is 5.22 Å². The highest BCUT2D eigenvalue weighted by molar-refractivity contribution is 7.99. The number of aryl methyl sites for hydroxylation is 1. The van der Waals surface area contributed by atoms with Crippen LogP contribution in [0.1, 0.15) is 16.6 Å². The highest BCUT2D eigenvalue weighted by Gasteiger charge is 2.09. The Bertz CT molecular complexity index is 775. The summed E-state index contributed by atoms with van der Waals surface area (Å²) in [7, 11) is 0. The maximum Gasteiger partial charge on any atom is 0.276 e. The Morgan fingerprint density at radius 1 is 1.30 bits per heavy atom. The Balaban J connectivity index is 1.45. The van der Waals surface area contributed by atoms with E-state index in [0.29, 0.717) is 29.9 Å². The van der Waals surface area contributed by atoms with Crippen LogP contribution < -0.4 is 4.74 Å². The summed E-state index contributed by atoms with van der Waals surface area (Å²) in [6.07, 6.45) is 0.531. The molecule has 0 radical (unpaired) electrons. The van der Waals surface area contributed by atoms with E-state index in [4.69, 9.17) is 9.15 Å². The standard InChI is InChI=1S/C15H14FN3O2S2/c1-10-17-11(9-23-10)8-14-18-19-15(21-14)22-7-6-20-13-5-3-2-4-12(13)16/h2-5,9H,6-8H2,1H3. The number of thiazole rings is 1. The van der Waals surface area contributed by atoms with E-state index in [0.717, 1.165) is 10.7 Å². The van der Waals surface area contributed by atoms with Gasteiger partial charge < -0.3 is 9.15 Å². The molecule has 0 unspecified atom stereocenters. The number of hydrogen-bond acceptors (Lipinski definition) is 7. The van der Waals surface area contributed by atoms with E-state index in [9.17, 15) is 4.39 Å². The molecule has 120 valence electrons. The number of aromatic nitrogens is 3. The van der Waals surface area contributed by atoms with E-state index in [1.54, 1.807) is 29.5 Å². The lowest BCUT2D eigenvalue weighted by Crippen LogP contribution is -2.01. The number of rotatable bonds is 7. The van der Waals surface area contributed by atoms with E-state index >= 15 is 0 Å². The molecule has 0 spiro atoms. The van der Waals surface area contributed by atoms with Crippen molar-refractivity contribution in [2.75, 3.05) is 12.4 Å². The van der Waals surface area contributed by atoms with Crippen LogP contribution in [-0.4, -0.2) is 27.5 Å². The second-order valence-corrected chi connectivity index (χ2v) is 6.73. The zero-order chi connectivity index (χ0) is 16.1. The van der Waals surface area contributed by atoms with Crippen molar-refractivity contribution in [1.82, 2.24) is 15.2 Å². The van der Waals surface area contributed by atoms with E-state index < -0.39 is 0 Å². The summed E-state index contributed by atoms with van der Waals surface area (Å²) in [4.78, 5) is 4.36. The van der Waals surface area contributed by atoms with Crippen LogP contribution in [0.5, 0.6) is 5.75 Å². The third-order valence-corrected chi connectivity index (χ3v) is 4.46. The smallest absolute Gasteiger partial charge is 0.276 e. The molecule has 3 rings (SSSR count). The molecule has 0 amide bonds. The van der Waals surface area contributed by atoms with Crippen LogP contribution in [0.4, 0.5) is 4.39 Å². The number of halogens is 1. The quantitative estimate of drug-likeness (QED) is 0.477. The second kappa shape index (κ2) is 7.56. The molecule has 0 N–H and O–H groups in total. The molecule has 0 atom stereocenters. The van der Waals surface area contributed by atoms with E-state index in [1.165, 1.54) is 17.8 Å². The van der Waals surface area contributed by atoms with Gasteiger partial charge in [0.1, 0.15) is 0 Å². The van der Waals surface area contributed by atoms with E-state index in [-0.39, 0.29) is 11.6 Å². The molecule has 23 heavy (non-hydrogen) atoms. The van der Waals surface area contributed by atoms with Crippen LogP contribution in [0.2, 0.25) is 0 Å². The third kappa shape index (κ3) is 4.52. The topological polar surface area (TPSA) is 61.0 Å². The van der Waals surface area contributed by atoms with Gasteiger partial charge in [-0.2, -0.15) is 0 Å². The molecular weight excluding hydrogens is 337 g/mol. The summed E-state index contributed by atoms with van der Waals surface area (Å²) in [6, 6.07) is 6.32. The number of thioether (sulfide) groups is 1. The average Bonchev–Trinajstić information content (AvgIpc) is 3.15. The molecule has 0 aliphatic carbocycles. The number of para-hydroxylation sites is 1. The van der Waals surface area contributed by atoms with Gasteiger partial charge in [-0.25, -0.2) is 9.37 Å². The predicted octanol–water partition coefficient (Wildman–Crippen LogP) is 3.74. The fourth-order valence-electron chi connectivity index (χ4n) is 1.85. The van der Waals surface area contributed by atoms with Crippen LogP contribution in [0.3, 0.4) is 0 Å². The van der Waals surface area contributed by atoms with Crippen molar-refractivity contribution in [3.05, 3.63) is 52.1 Å². The van der Waals surface area contributed by atoms with Crippen molar-refractivity contribution in [2.45, 2.75) is 18.6 Å². The second-order valence-electron chi connectivity index (χ2n) is 4.62. The maximum atomic E-state index is 13.4. The largest absolute Gasteiger partial charge is 0.490 e. The Hall–Kier alpha value is -1.93. The van der Waals surface area contributed by atoms with Crippen LogP contribution >= 0.6 is 23.1 Å². The van der Waals surface area contributed by atoms with Gasteiger partial charge in [0.15, 0.2) is 11.6 Å². The summed E-state index contributed by atoms with van der Waals surface area (Å²) < 4.78 is 24.3. The molecule has 8 heteroatoms. The summed E-state index contributed by atoms with van der Waals surface area (Å²) >= 11 is 2.97. The van der Waals surface area contributed by atoms with Gasteiger partial charge in [-0.1, -0.05) is 23.9 Å². The average molecular weight is 351 g/mol. The van der Waals surface area contributed by atoms with Crippen molar-refractivity contribution in [3.8, 4) is 5.75 Å². The van der Waals surface area contributed by atoms with Crippen LogP contribution in [0.15, 0.2) is 39.3 Å². The van der Waals surface area contributed by atoms with Gasteiger partial charge in [-0.05, 0) is 19.1 Å². The van der Waals surface area contributed by atoms with E-state index in [1.807, 2.05) is 12.3 Å². The SMILES string of the molecule is Cc1nc(Cc2nnc(SCCOc3ccccc3F)o2)cs1. The van der Waals surface area contributed by atoms with Gasteiger partial charge in [0.05, 0.1) is 23.7 Å². The zero-order valence-electron chi connectivity index (χ0n) is 12.4. The highest BCUT2D eigenvalue weighted by atomic mass is 32.2. The van der Waals surface area contributed by atoms with Crippen molar-refractivity contribution in [2.24, 2.45) is 0 Å². The molecule has 0 aliphatic heterocycles. The molecule has 0 aliphatic rings. The molecular formula is C15H14FN3O2S2. The molecule has 5 nitrogen and oxygen atoms in total. The fourth-order valence-corrected chi connectivity index (χ4v) is 3.06. The van der Waals surface area contributed by atoms with Gasteiger partial charge in [-0.3, -0.25) is 0 Å². The Morgan fingerprint density at radius 3 is 2.96 bits per heavy atom. The van der Waals surface area contributed by atoms with Gasteiger partial charge in [0.2, 0.25) is 5.89 Å². The first kappa shape index (κ1) is 15.9. The minimum atomic E-state index is -0.365. The van der Waals surface area contributed by atoms with Crippen LogP contribution in [0, 0.1) is 12.7 Å². The normalized spacial score (nSPS) is 10.9. The molecule has 3 aromatic rings. The number of hydrogen-bond donors (Lipinski definition) is 0. The Labute approximate surface area is 140 Å². The summed E-state index contributed by atoms with van der Waals surface area (Å²) in [5, 5.41) is 11.4. The van der Waals surface area contributed by atoms with Crippen LogP contribution in [0.25, 0.3) is 0 Å². The fraction of sp³-hybridized carbons (Fsp3) is 0.267. The molecule has 2 aromatic heterocycles. The monoisotopic (exact) mass is 351 g/mol. The number of ether oxygens (including phenoxy) is 1. The predicted molar refractivity (Wildman–Crippen MR) is 86.6 cm³/mol. The summed E-state index contributed by atoms with van der Waals surface area (Å²) in [6.45, 7) is 2.31. The molecule has 0 saturated heterocycles. The van der Waals surface area contributed by atoms with Crippen molar-refractivity contribution >= 4 is 23.1 Å². The lowest BCUT2D eigenvalue weighted by Gasteiger charge is -2.05. The number of benzene rings is 1. The van der Waals surface area contributed by atoms with Gasteiger partial charge >= 0.3 is 0 Å². The molecule has 2 heterocycles. The van der Waals surface area contributed by atoms with Crippen molar-refractivity contribution in [1.29, 1.82) is 0 Å². The first-order chi connectivity index (χ1) is 11.2. The number of nitrogens with zero attached hydrogens (tertiary/aromatic N) is 3. The van der Waals surface area contributed by atoms with E-state index in [2.05, 4.69) is 15.2 Å². The molecule has 0 fully saturated rings. The molecule has 0 bridgehead atoms. The lowest BCUT2D eigenvalue weighted by molar-refractivity contribution is 0.324. The Kier molecular flexibility index (Phi) is 5.24. The molecule has 0 saturated carbocycles. The first-order valence-corrected chi connectivity index (χ1v) is 8.81. The van der Waals surface area contributed by atoms with Crippen LogP contribution in [-0.2, 0) is 6.42 Å². The summed E-state index contributed by atoms with van der Waals surface area (Å²) in [5.74, 6) is 1.01. The van der Waals surface area contributed by atoms with Crippen molar-refractivity contribution < 1.29 is 13.5 Å². The first-order valence-electron chi connectivity index (χ1n) is 6.94. The van der Waals surface area contributed by atoms with Crippen molar-refractivity contribution in [3.63, 3.8) is 0 Å². The minimum Gasteiger partial charge on any atom is -0.490 e. The minimum absolute atomic E-state index is 0.248. The van der Waals surface area contributed by atoms with Gasteiger partial charge in [0, 0.05) is 11.1 Å². The lowest BCUT2D eigenvalue weighted by atomic mass is 10.3. The summed E-state index contributed by atoms with van der Waals surface area (Å²) in [5.41, 5.74) is 0.926. The van der Waals surface area contributed by atoms with Gasteiger partial charge in [-0.15, -0.1) is 21.5 Å². The highest BCUT2D eigenvalue weighted by Crippen LogP contribution is 2.20. The molecule has 1 aromatic carbocycles. The third-order valence-electron chi connectivity index (χ3n) is 2.85. The zero-order valence-corrected chi connectivity index (χ0v) is 14.0.